The van der Waals surface area contributed by atoms with Crippen LogP contribution in [0.25, 0.3) is 5.69 Å². The molecule has 1 aromatic heterocycles. The number of alkyl halides is 3. The van der Waals surface area contributed by atoms with Crippen LogP contribution in [0.3, 0.4) is 0 Å². The lowest BCUT2D eigenvalue weighted by atomic mass is 9.76. The van der Waals surface area contributed by atoms with E-state index in [0.29, 0.717) is 41.9 Å². The van der Waals surface area contributed by atoms with E-state index in [4.69, 9.17) is 5.73 Å². The molecular weight excluding hydrogens is 381 g/mol. The number of nitrogens with two attached hydrogens (primary N) is 1. The Morgan fingerprint density at radius 3 is 2.62 bits per heavy atom. The average molecular weight is 406 g/mol. The Morgan fingerprint density at radius 1 is 1.31 bits per heavy atom. The number of hydrogen-bond acceptors (Lipinski definition) is 3. The topological polar surface area (TPSA) is 72.9 Å². The van der Waals surface area contributed by atoms with Gasteiger partial charge in [0.15, 0.2) is 5.69 Å². The van der Waals surface area contributed by atoms with Crippen LogP contribution in [0.5, 0.6) is 0 Å². The first kappa shape index (κ1) is 19.8. The number of primary amides is 1. The van der Waals surface area contributed by atoms with E-state index in [2.05, 4.69) is 24.3 Å². The highest BCUT2D eigenvalue weighted by Gasteiger charge is 2.42. The molecule has 2 aromatic rings. The summed E-state index contributed by atoms with van der Waals surface area (Å²) in [6.07, 6.45) is 0.136. The number of hydrogen-bond donors (Lipinski definition) is 2. The lowest BCUT2D eigenvalue weighted by Gasteiger charge is -2.30. The molecule has 1 saturated carbocycles. The molecular formula is C21H25F3N4O. The Morgan fingerprint density at radius 2 is 2.03 bits per heavy atom. The maximum Gasteiger partial charge on any atom is 0.435 e. The molecule has 1 amide bonds. The summed E-state index contributed by atoms with van der Waals surface area (Å²) in [5.41, 5.74) is 6.84. The number of amides is 1. The quantitative estimate of drug-likeness (QED) is 0.787. The zero-order valence-corrected chi connectivity index (χ0v) is 16.6. The van der Waals surface area contributed by atoms with Crippen molar-refractivity contribution in [3.8, 4) is 5.69 Å². The van der Waals surface area contributed by atoms with Gasteiger partial charge in [-0.2, -0.15) is 18.3 Å². The fourth-order valence-corrected chi connectivity index (χ4v) is 4.15. The van der Waals surface area contributed by atoms with Gasteiger partial charge in [0.05, 0.1) is 11.3 Å². The molecule has 156 valence electrons. The largest absolute Gasteiger partial charge is 0.435 e. The normalized spacial score (nSPS) is 18.8. The second-order valence-corrected chi connectivity index (χ2v) is 8.89. The third-order valence-corrected chi connectivity index (χ3v) is 6.03. The molecule has 0 unspecified atom stereocenters. The van der Waals surface area contributed by atoms with Crippen LogP contribution < -0.4 is 11.1 Å². The van der Waals surface area contributed by atoms with Gasteiger partial charge in [0.2, 0.25) is 0 Å². The lowest BCUT2D eigenvalue weighted by molar-refractivity contribution is -0.142. The maximum absolute atomic E-state index is 13.6. The summed E-state index contributed by atoms with van der Waals surface area (Å²) in [4.78, 5) is 11.8. The molecule has 1 fully saturated rings. The maximum atomic E-state index is 13.6. The van der Waals surface area contributed by atoms with Crippen molar-refractivity contribution in [3.05, 3.63) is 40.7 Å². The predicted molar refractivity (Wildman–Crippen MR) is 104 cm³/mol. The van der Waals surface area contributed by atoms with Gasteiger partial charge in [0.1, 0.15) is 0 Å². The van der Waals surface area contributed by atoms with E-state index in [1.54, 1.807) is 18.2 Å². The number of carbonyl (C=O) groups excluding carboxylic acids is 1. The highest BCUT2D eigenvalue weighted by Crippen LogP contribution is 2.42. The van der Waals surface area contributed by atoms with Crippen molar-refractivity contribution in [2.45, 2.75) is 64.6 Å². The summed E-state index contributed by atoms with van der Waals surface area (Å²) in [7, 11) is 0. The summed E-state index contributed by atoms with van der Waals surface area (Å²) in [6, 6.07) is 5.11. The van der Waals surface area contributed by atoms with Crippen LogP contribution >= 0.6 is 0 Å². The summed E-state index contributed by atoms with van der Waals surface area (Å²) in [5, 5.41) is 7.28. The SMILES string of the molecule is CC1(C)CCc2c(C(F)(F)F)nn(-c3ccc(C(N)=O)c(NC4CCC4)c3)c2C1. The Kier molecular flexibility index (Phi) is 4.63. The number of aromatic nitrogens is 2. The summed E-state index contributed by atoms with van der Waals surface area (Å²) >= 11 is 0. The van der Waals surface area contributed by atoms with Crippen molar-refractivity contribution in [2.75, 3.05) is 5.32 Å². The van der Waals surface area contributed by atoms with E-state index in [0.717, 1.165) is 19.3 Å². The molecule has 0 aliphatic heterocycles. The van der Waals surface area contributed by atoms with Crippen LogP contribution in [0.15, 0.2) is 18.2 Å². The van der Waals surface area contributed by atoms with Crippen molar-refractivity contribution in [3.63, 3.8) is 0 Å². The summed E-state index contributed by atoms with van der Waals surface area (Å²) in [5.74, 6) is -0.571. The monoisotopic (exact) mass is 406 g/mol. The van der Waals surface area contributed by atoms with Crippen molar-refractivity contribution >= 4 is 11.6 Å². The molecule has 0 saturated heterocycles. The van der Waals surface area contributed by atoms with Gasteiger partial charge in [-0.25, -0.2) is 4.68 Å². The van der Waals surface area contributed by atoms with Gasteiger partial charge in [-0.05, 0) is 62.1 Å². The first-order valence-electron chi connectivity index (χ1n) is 9.94. The molecule has 0 spiro atoms. The summed E-state index contributed by atoms with van der Waals surface area (Å²) in [6.45, 7) is 4.11. The molecule has 2 aliphatic carbocycles. The van der Waals surface area contributed by atoms with E-state index in [1.807, 2.05) is 0 Å². The number of anilines is 1. The third kappa shape index (κ3) is 3.72. The standard InChI is InChI=1S/C21H25F3N4O/c1-20(2)9-8-15-17(11-20)28(27-18(15)21(22,23)24)13-6-7-14(19(25)29)16(10-13)26-12-4-3-5-12/h6-7,10,12,26H,3-5,8-9,11H2,1-2H3,(H2,25,29). The van der Waals surface area contributed by atoms with Crippen molar-refractivity contribution < 1.29 is 18.0 Å². The van der Waals surface area contributed by atoms with E-state index in [-0.39, 0.29) is 17.0 Å². The second kappa shape index (κ2) is 6.78. The molecule has 5 nitrogen and oxygen atoms in total. The second-order valence-electron chi connectivity index (χ2n) is 8.89. The Hall–Kier alpha value is -2.51. The molecule has 2 aliphatic rings. The fourth-order valence-electron chi connectivity index (χ4n) is 4.15. The van der Waals surface area contributed by atoms with E-state index in [9.17, 15) is 18.0 Å². The predicted octanol–water partition coefficient (Wildman–Crippen LogP) is 4.47. The smallest absolute Gasteiger partial charge is 0.382 e. The zero-order valence-electron chi connectivity index (χ0n) is 16.6. The average Bonchev–Trinajstić information content (AvgIpc) is 2.95. The molecule has 1 heterocycles. The number of rotatable bonds is 4. The van der Waals surface area contributed by atoms with Gasteiger partial charge in [-0.15, -0.1) is 0 Å². The Bertz CT molecular complexity index is 958. The van der Waals surface area contributed by atoms with E-state index in [1.165, 1.54) is 4.68 Å². The minimum Gasteiger partial charge on any atom is -0.382 e. The molecule has 4 rings (SSSR count). The van der Waals surface area contributed by atoms with Crippen molar-refractivity contribution in [1.82, 2.24) is 9.78 Å². The first-order chi connectivity index (χ1) is 13.5. The minimum absolute atomic E-state index is 0.103. The highest BCUT2D eigenvalue weighted by molar-refractivity contribution is 5.99. The molecule has 0 bridgehead atoms. The third-order valence-electron chi connectivity index (χ3n) is 6.03. The number of nitrogens with one attached hydrogen (secondary N) is 1. The molecule has 0 radical (unpaired) electrons. The number of benzene rings is 1. The zero-order chi connectivity index (χ0) is 21.0. The van der Waals surface area contributed by atoms with E-state index >= 15 is 0 Å². The number of carbonyl (C=O) groups is 1. The van der Waals surface area contributed by atoms with Gasteiger partial charge in [0.25, 0.3) is 5.91 Å². The number of halogens is 3. The van der Waals surface area contributed by atoms with Gasteiger partial charge >= 0.3 is 6.18 Å². The van der Waals surface area contributed by atoms with Crippen LogP contribution in [0, 0.1) is 5.41 Å². The molecule has 3 N–H and O–H groups in total. The molecule has 29 heavy (non-hydrogen) atoms. The molecule has 1 aromatic carbocycles. The van der Waals surface area contributed by atoms with Crippen LogP contribution in [0.4, 0.5) is 18.9 Å². The number of fused-ring (bicyclic) bond motifs is 1. The highest BCUT2D eigenvalue weighted by atomic mass is 19.4. The van der Waals surface area contributed by atoms with Crippen LogP contribution in [-0.4, -0.2) is 21.7 Å². The first-order valence-corrected chi connectivity index (χ1v) is 9.94. The van der Waals surface area contributed by atoms with Gasteiger partial charge in [-0.1, -0.05) is 13.8 Å². The van der Waals surface area contributed by atoms with Gasteiger partial charge in [-0.3, -0.25) is 4.79 Å². The fraction of sp³-hybridized carbons (Fsp3) is 0.524. The molecule has 0 atom stereocenters. The molecule has 8 heteroatoms. The van der Waals surface area contributed by atoms with Gasteiger partial charge < -0.3 is 11.1 Å². The minimum atomic E-state index is -4.50. The Labute approximate surface area is 167 Å². The van der Waals surface area contributed by atoms with Crippen LogP contribution in [0.2, 0.25) is 0 Å². The Balaban J connectivity index is 1.83. The van der Waals surface area contributed by atoms with Crippen molar-refractivity contribution in [1.29, 1.82) is 0 Å². The van der Waals surface area contributed by atoms with Crippen LogP contribution in [-0.2, 0) is 19.0 Å². The van der Waals surface area contributed by atoms with Gasteiger partial charge in [0, 0.05) is 23.0 Å². The number of nitrogens with zero attached hydrogens (tertiary/aromatic N) is 2. The lowest BCUT2D eigenvalue weighted by Crippen LogP contribution is -2.28. The summed E-state index contributed by atoms with van der Waals surface area (Å²) < 4.78 is 42.3. The van der Waals surface area contributed by atoms with Crippen molar-refractivity contribution in [2.24, 2.45) is 11.1 Å². The van der Waals surface area contributed by atoms with Crippen LogP contribution in [0.1, 0.15) is 66.8 Å². The van der Waals surface area contributed by atoms with E-state index < -0.39 is 17.8 Å².